The van der Waals surface area contributed by atoms with E-state index in [-0.39, 0.29) is 18.2 Å². The van der Waals surface area contributed by atoms with E-state index in [9.17, 15) is 9.59 Å². The molecule has 7 heteroatoms. The average molecular weight is 356 g/mol. The minimum Gasteiger partial charge on any atom is -0.325 e. The van der Waals surface area contributed by atoms with Crippen LogP contribution in [0.3, 0.4) is 0 Å². The van der Waals surface area contributed by atoms with E-state index in [4.69, 9.17) is 0 Å². The molecule has 1 N–H and O–H groups in total. The number of aliphatic imine (C=N–C) groups is 1. The molecule has 0 aromatic heterocycles. The fraction of sp³-hybridized carbons (Fsp3) is 0.308. The SMILES string of the molecule is CN=C1S[C@@H](CC(=O)Nc2ccccc2Br)C(=O)N1C. The Morgan fingerprint density at radius 2 is 2.20 bits per heavy atom. The van der Waals surface area contributed by atoms with Crippen molar-refractivity contribution in [1.82, 2.24) is 4.90 Å². The average Bonchev–Trinajstić information content (AvgIpc) is 2.69. The molecular weight excluding hydrogens is 342 g/mol. The van der Waals surface area contributed by atoms with Crippen LogP contribution in [-0.4, -0.2) is 41.2 Å². The third-order valence-electron chi connectivity index (χ3n) is 2.85. The number of benzene rings is 1. The second-order valence-electron chi connectivity index (χ2n) is 4.24. The lowest BCUT2D eigenvalue weighted by Gasteiger charge is -2.10. The lowest BCUT2D eigenvalue weighted by molar-refractivity contribution is -0.127. The van der Waals surface area contributed by atoms with Crippen LogP contribution in [0.1, 0.15) is 6.42 Å². The molecule has 0 spiro atoms. The number of halogens is 1. The van der Waals surface area contributed by atoms with Crippen LogP contribution in [0.25, 0.3) is 0 Å². The molecular formula is C13H14BrN3O2S. The highest BCUT2D eigenvalue weighted by atomic mass is 79.9. The Bertz CT molecular complexity index is 576. The highest BCUT2D eigenvalue weighted by Gasteiger charge is 2.36. The Labute approximate surface area is 129 Å². The van der Waals surface area contributed by atoms with Crippen molar-refractivity contribution >= 4 is 50.4 Å². The molecule has 0 unspecified atom stereocenters. The monoisotopic (exact) mass is 355 g/mol. The largest absolute Gasteiger partial charge is 0.325 e. The number of nitrogens with one attached hydrogen (secondary N) is 1. The Morgan fingerprint density at radius 3 is 2.80 bits per heavy atom. The smallest absolute Gasteiger partial charge is 0.242 e. The van der Waals surface area contributed by atoms with E-state index in [0.717, 1.165) is 4.47 Å². The second-order valence-corrected chi connectivity index (χ2v) is 6.27. The van der Waals surface area contributed by atoms with Crippen LogP contribution in [-0.2, 0) is 9.59 Å². The topological polar surface area (TPSA) is 61.8 Å². The number of nitrogens with zero attached hydrogens (tertiary/aromatic N) is 2. The van der Waals surface area contributed by atoms with Gasteiger partial charge in [0.25, 0.3) is 0 Å². The molecule has 2 rings (SSSR count). The quantitative estimate of drug-likeness (QED) is 0.904. The maximum absolute atomic E-state index is 12.0. The summed E-state index contributed by atoms with van der Waals surface area (Å²) in [6.45, 7) is 0. The Morgan fingerprint density at radius 1 is 1.50 bits per heavy atom. The molecule has 1 atom stereocenters. The molecule has 1 aromatic carbocycles. The summed E-state index contributed by atoms with van der Waals surface area (Å²) in [5.74, 6) is -0.272. The summed E-state index contributed by atoms with van der Waals surface area (Å²) in [6, 6.07) is 7.36. The Hall–Kier alpha value is -1.34. The predicted molar refractivity (Wildman–Crippen MR) is 84.9 cm³/mol. The molecule has 0 radical (unpaired) electrons. The summed E-state index contributed by atoms with van der Waals surface area (Å²) in [5, 5.41) is 3.04. The van der Waals surface area contributed by atoms with Crippen molar-refractivity contribution in [1.29, 1.82) is 0 Å². The van der Waals surface area contributed by atoms with E-state index < -0.39 is 5.25 Å². The van der Waals surface area contributed by atoms with Gasteiger partial charge in [0.2, 0.25) is 11.8 Å². The van der Waals surface area contributed by atoms with E-state index in [0.29, 0.717) is 10.9 Å². The summed E-state index contributed by atoms with van der Waals surface area (Å²) in [6.07, 6.45) is 0.133. The van der Waals surface area contributed by atoms with Gasteiger partial charge >= 0.3 is 0 Å². The zero-order valence-electron chi connectivity index (χ0n) is 11.1. The van der Waals surface area contributed by atoms with Crippen LogP contribution in [0.5, 0.6) is 0 Å². The lowest BCUT2D eigenvalue weighted by atomic mass is 10.2. The van der Waals surface area contributed by atoms with Crippen LogP contribution in [0, 0.1) is 0 Å². The zero-order chi connectivity index (χ0) is 14.7. The zero-order valence-corrected chi connectivity index (χ0v) is 13.5. The van der Waals surface area contributed by atoms with Crippen molar-refractivity contribution in [3.8, 4) is 0 Å². The highest BCUT2D eigenvalue weighted by molar-refractivity contribution is 9.10. The number of thioether (sulfide) groups is 1. The van der Waals surface area contributed by atoms with Crippen molar-refractivity contribution in [3.05, 3.63) is 28.7 Å². The van der Waals surface area contributed by atoms with Crippen molar-refractivity contribution in [2.75, 3.05) is 19.4 Å². The molecule has 0 saturated carbocycles. The molecule has 0 aliphatic carbocycles. The molecule has 0 bridgehead atoms. The first-order valence-corrected chi connectivity index (χ1v) is 7.65. The van der Waals surface area contributed by atoms with Gasteiger partial charge in [0.05, 0.1) is 5.69 Å². The van der Waals surface area contributed by atoms with E-state index in [1.54, 1.807) is 20.2 Å². The van der Waals surface area contributed by atoms with E-state index in [2.05, 4.69) is 26.2 Å². The molecule has 1 fully saturated rings. The van der Waals surface area contributed by atoms with Crippen LogP contribution < -0.4 is 5.32 Å². The second kappa shape index (κ2) is 6.41. The van der Waals surface area contributed by atoms with E-state index in [1.165, 1.54) is 16.7 Å². The number of carbonyl (C=O) groups excluding carboxylic acids is 2. The minimum atomic E-state index is -0.402. The van der Waals surface area contributed by atoms with Crippen LogP contribution >= 0.6 is 27.7 Å². The van der Waals surface area contributed by atoms with Crippen LogP contribution in [0.4, 0.5) is 5.69 Å². The number of para-hydroxylation sites is 1. The summed E-state index contributed by atoms with van der Waals surface area (Å²) >= 11 is 4.69. The number of anilines is 1. The highest BCUT2D eigenvalue weighted by Crippen LogP contribution is 2.29. The number of hydrogen-bond donors (Lipinski definition) is 1. The normalized spacial score (nSPS) is 20.6. The molecule has 5 nitrogen and oxygen atoms in total. The van der Waals surface area contributed by atoms with Gasteiger partial charge < -0.3 is 5.32 Å². The third-order valence-corrected chi connectivity index (χ3v) is 4.86. The molecule has 1 heterocycles. The van der Waals surface area contributed by atoms with Gasteiger partial charge in [0, 0.05) is 25.0 Å². The van der Waals surface area contributed by atoms with E-state index in [1.807, 2.05) is 18.2 Å². The summed E-state index contributed by atoms with van der Waals surface area (Å²) in [4.78, 5) is 29.5. The fourth-order valence-electron chi connectivity index (χ4n) is 1.83. The summed E-state index contributed by atoms with van der Waals surface area (Å²) in [7, 11) is 3.30. The first-order valence-electron chi connectivity index (χ1n) is 5.98. The van der Waals surface area contributed by atoms with Gasteiger partial charge in [0.1, 0.15) is 5.25 Å². The van der Waals surface area contributed by atoms with Gasteiger partial charge in [-0.2, -0.15) is 0 Å². The third kappa shape index (κ3) is 3.21. The maximum Gasteiger partial charge on any atom is 0.242 e. The van der Waals surface area contributed by atoms with Crippen molar-refractivity contribution in [3.63, 3.8) is 0 Å². The van der Waals surface area contributed by atoms with Crippen LogP contribution in [0.2, 0.25) is 0 Å². The molecule has 1 aromatic rings. The maximum atomic E-state index is 12.0. The van der Waals surface area contributed by atoms with Crippen LogP contribution in [0.15, 0.2) is 33.7 Å². The molecule has 106 valence electrons. The summed E-state index contributed by atoms with van der Waals surface area (Å²) < 4.78 is 0.812. The molecule has 1 aliphatic rings. The fourth-order valence-corrected chi connectivity index (χ4v) is 3.32. The van der Waals surface area contributed by atoms with Gasteiger partial charge in [-0.1, -0.05) is 23.9 Å². The van der Waals surface area contributed by atoms with Crippen molar-refractivity contribution < 1.29 is 9.59 Å². The molecule has 2 amide bonds. The lowest BCUT2D eigenvalue weighted by Crippen LogP contribution is -2.30. The summed E-state index contributed by atoms with van der Waals surface area (Å²) in [5.41, 5.74) is 0.700. The number of rotatable bonds is 3. The number of carbonyl (C=O) groups is 2. The van der Waals surface area contributed by atoms with Crippen molar-refractivity contribution in [2.24, 2.45) is 4.99 Å². The number of amides is 2. The number of hydrogen-bond acceptors (Lipinski definition) is 4. The minimum absolute atomic E-state index is 0.0853. The van der Waals surface area contributed by atoms with Gasteiger partial charge in [0.15, 0.2) is 5.17 Å². The van der Waals surface area contributed by atoms with Gasteiger partial charge in [-0.3, -0.25) is 19.5 Å². The molecule has 20 heavy (non-hydrogen) atoms. The van der Waals surface area contributed by atoms with Gasteiger partial charge in [-0.15, -0.1) is 0 Å². The molecule has 1 aliphatic heterocycles. The van der Waals surface area contributed by atoms with Gasteiger partial charge in [-0.25, -0.2) is 0 Å². The first kappa shape index (κ1) is 15.1. The Balaban J connectivity index is 1.99. The number of amidine groups is 1. The Kier molecular flexibility index (Phi) is 4.82. The predicted octanol–water partition coefficient (Wildman–Crippen LogP) is 2.34. The van der Waals surface area contributed by atoms with E-state index >= 15 is 0 Å². The first-order chi connectivity index (χ1) is 9.52. The molecule has 1 saturated heterocycles. The van der Waals surface area contributed by atoms with Gasteiger partial charge in [-0.05, 0) is 28.1 Å². The standard InChI is InChI=1S/C13H14BrN3O2S/c1-15-13-17(2)12(19)10(20-13)7-11(18)16-9-6-4-3-5-8(9)14/h3-6,10H,7H2,1-2H3,(H,16,18)/t10-/m0/s1. The van der Waals surface area contributed by atoms with Crippen molar-refractivity contribution in [2.45, 2.75) is 11.7 Å².